The molecule has 0 rings (SSSR count). The van der Waals surface area contributed by atoms with Crippen molar-refractivity contribution in [2.75, 3.05) is 11.5 Å². The Hall–Kier alpha value is -0.0900. The van der Waals surface area contributed by atoms with Crippen LogP contribution in [0.3, 0.4) is 0 Å². The van der Waals surface area contributed by atoms with Gasteiger partial charge in [-0.15, -0.1) is 0 Å². The van der Waals surface area contributed by atoms with Crippen LogP contribution >= 0.6 is 0 Å². The molecule has 0 bridgehead atoms. The first kappa shape index (κ1) is 11.9. The zero-order valence-electron chi connectivity index (χ0n) is 8.00. The molecule has 0 unspecified atom stereocenters. The van der Waals surface area contributed by atoms with Crippen molar-refractivity contribution in [3.63, 3.8) is 0 Å². The maximum atomic E-state index is 11.2. The molecule has 0 aliphatic rings. The van der Waals surface area contributed by atoms with Gasteiger partial charge in [0.25, 0.3) is 0 Å². The minimum atomic E-state index is -3.05. The molecule has 0 aromatic carbocycles. The summed E-state index contributed by atoms with van der Waals surface area (Å²) in [7, 11) is -3.05. The monoisotopic (exact) mass is 194 g/mol. The minimum absolute atomic E-state index is 0.139. The van der Waals surface area contributed by atoms with E-state index in [1.54, 1.807) is 0 Å². The highest BCUT2D eigenvalue weighted by atomic mass is 32.2. The van der Waals surface area contributed by atoms with Crippen molar-refractivity contribution in [3.05, 3.63) is 0 Å². The highest BCUT2D eigenvalue weighted by Gasteiger charge is 2.22. The van der Waals surface area contributed by atoms with Gasteiger partial charge in [0.1, 0.15) is 0 Å². The number of hydrogen-bond donors (Lipinski definition) is 1. The Balaban J connectivity index is 4.06. The second-order valence-electron chi connectivity index (χ2n) is 3.76. The molecule has 0 heterocycles. The molecule has 1 N–H and O–H groups in total. The fourth-order valence-electron chi connectivity index (χ4n) is 0.975. The van der Waals surface area contributed by atoms with E-state index in [1.807, 2.05) is 6.92 Å². The first-order valence-electron chi connectivity index (χ1n) is 4.19. The van der Waals surface area contributed by atoms with Gasteiger partial charge in [-0.25, -0.2) is 8.42 Å². The third-order valence-corrected chi connectivity index (χ3v) is 3.44. The zero-order valence-corrected chi connectivity index (χ0v) is 8.82. The van der Waals surface area contributed by atoms with Gasteiger partial charge in [-0.2, -0.15) is 0 Å². The Bertz CT molecular complexity index is 211. The van der Waals surface area contributed by atoms with E-state index >= 15 is 0 Å². The molecule has 3 nitrogen and oxygen atoms in total. The van der Waals surface area contributed by atoms with Crippen LogP contribution in [0.15, 0.2) is 0 Å². The van der Waals surface area contributed by atoms with Crippen molar-refractivity contribution < 1.29 is 13.5 Å². The lowest BCUT2D eigenvalue weighted by Gasteiger charge is -2.16. The van der Waals surface area contributed by atoms with Gasteiger partial charge in [-0.3, -0.25) is 0 Å². The lowest BCUT2D eigenvalue weighted by molar-refractivity contribution is 0.105. The van der Waals surface area contributed by atoms with E-state index in [2.05, 4.69) is 0 Å². The van der Waals surface area contributed by atoms with Crippen LogP contribution < -0.4 is 0 Å². The van der Waals surface area contributed by atoms with Crippen LogP contribution in [0.2, 0.25) is 0 Å². The Kier molecular flexibility index (Phi) is 4.20. The lowest BCUT2D eigenvalue weighted by atomic mass is 10.2. The predicted octanol–water partition coefficient (Wildman–Crippen LogP) is 0.972. The summed E-state index contributed by atoms with van der Waals surface area (Å²) in [6.07, 6.45) is 1.55. The maximum absolute atomic E-state index is 11.2. The number of aliphatic hydroxyl groups is 1. The molecule has 4 heteroatoms. The molecule has 0 aromatic heterocycles. The van der Waals surface area contributed by atoms with Gasteiger partial charge in [-0.1, -0.05) is 13.3 Å². The summed E-state index contributed by atoms with van der Waals surface area (Å²) in [6.45, 7) is 4.96. The molecular formula is C8H18O3S. The average Bonchev–Trinajstić information content (AvgIpc) is 1.78. The first-order chi connectivity index (χ1) is 5.27. The van der Waals surface area contributed by atoms with Crippen molar-refractivity contribution in [3.8, 4) is 0 Å². The van der Waals surface area contributed by atoms with E-state index < -0.39 is 15.4 Å². The van der Waals surface area contributed by atoms with Gasteiger partial charge in [0.2, 0.25) is 0 Å². The molecule has 0 amide bonds. The molecule has 74 valence electrons. The Morgan fingerprint density at radius 2 is 1.83 bits per heavy atom. The Labute approximate surface area is 74.7 Å². The second kappa shape index (κ2) is 4.23. The fourth-order valence-corrected chi connectivity index (χ4v) is 2.92. The van der Waals surface area contributed by atoms with Gasteiger partial charge in [0, 0.05) is 0 Å². The smallest absolute Gasteiger partial charge is 0.153 e. The van der Waals surface area contributed by atoms with E-state index in [-0.39, 0.29) is 11.5 Å². The molecule has 0 saturated heterocycles. The van der Waals surface area contributed by atoms with Gasteiger partial charge < -0.3 is 5.11 Å². The van der Waals surface area contributed by atoms with Crippen molar-refractivity contribution in [1.82, 2.24) is 0 Å². The molecule has 0 aliphatic heterocycles. The van der Waals surface area contributed by atoms with Crippen LogP contribution in [-0.2, 0) is 9.84 Å². The van der Waals surface area contributed by atoms with Crippen LogP contribution in [-0.4, -0.2) is 30.6 Å². The summed E-state index contributed by atoms with van der Waals surface area (Å²) in [5.74, 6) is 0.0491. The quantitative estimate of drug-likeness (QED) is 0.709. The van der Waals surface area contributed by atoms with Crippen LogP contribution in [0.25, 0.3) is 0 Å². The topological polar surface area (TPSA) is 54.4 Å². The summed E-state index contributed by atoms with van der Waals surface area (Å²) in [4.78, 5) is 0. The van der Waals surface area contributed by atoms with E-state index in [0.29, 0.717) is 6.42 Å². The number of rotatable bonds is 5. The van der Waals surface area contributed by atoms with Crippen molar-refractivity contribution in [2.24, 2.45) is 0 Å². The van der Waals surface area contributed by atoms with Gasteiger partial charge in [0.15, 0.2) is 9.84 Å². The number of unbranched alkanes of at least 4 members (excludes halogenated alkanes) is 1. The van der Waals surface area contributed by atoms with Crippen molar-refractivity contribution in [1.29, 1.82) is 0 Å². The largest absolute Gasteiger partial charge is 0.389 e. The molecule has 0 aliphatic carbocycles. The molecule has 12 heavy (non-hydrogen) atoms. The normalized spacial score (nSPS) is 13.3. The number of sulfone groups is 1. The second-order valence-corrected chi connectivity index (χ2v) is 5.94. The van der Waals surface area contributed by atoms with Gasteiger partial charge in [-0.05, 0) is 20.3 Å². The van der Waals surface area contributed by atoms with E-state index in [1.165, 1.54) is 13.8 Å². The van der Waals surface area contributed by atoms with Crippen LogP contribution in [0, 0.1) is 0 Å². The fraction of sp³-hybridized carbons (Fsp3) is 1.00. The Morgan fingerprint density at radius 1 is 1.33 bits per heavy atom. The van der Waals surface area contributed by atoms with Gasteiger partial charge in [0.05, 0.1) is 17.1 Å². The van der Waals surface area contributed by atoms with E-state index in [4.69, 9.17) is 0 Å². The summed E-state index contributed by atoms with van der Waals surface area (Å²) in [6, 6.07) is 0. The molecular weight excluding hydrogens is 176 g/mol. The third-order valence-electron chi connectivity index (χ3n) is 1.38. The Morgan fingerprint density at radius 3 is 2.17 bits per heavy atom. The maximum Gasteiger partial charge on any atom is 0.153 e. The minimum Gasteiger partial charge on any atom is -0.389 e. The molecule has 0 fully saturated rings. The summed E-state index contributed by atoms with van der Waals surface area (Å²) in [5.41, 5.74) is -1.10. The third kappa shape index (κ3) is 6.61. The van der Waals surface area contributed by atoms with Gasteiger partial charge >= 0.3 is 0 Å². The summed E-state index contributed by atoms with van der Waals surface area (Å²) >= 11 is 0. The average molecular weight is 194 g/mol. The molecule has 0 saturated carbocycles. The molecule has 0 atom stereocenters. The predicted molar refractivity (Wildman–Crippen MR) is 49.9 cm³/mol. The summed E-state index contributed by atoms with van der Waals surface area (Å²) in [5, 5.41) is 9.27. The van der Waals surface area contributed by atoms with E-state index in [0.717, 1.165) is 6.42 Å². The lowest BCUT2D eigenvalue weighted by Crippen LogP contribution is -2.31. The molecule has 0 radical (unpaired) electrons. The number of hydrogen-bond acceptors (Lipinski definition) is 3. The highest BCUT2D eigenvalue weighted by molar-refractivity contribution is 7.91. The molecule has 0 aromatic rings. The van der Waals surface area contributed by atoms with E-state index in [9.17, 15) is 13.5 Å². The van der Waals surface area contributed by atoms with Crippen LogP contribution in [0.4, 0.5) is 0 Å². The standard InChI is InChI=1S/C8H18O3S/c1-4-5-6-12(10,11)7-8(2,3)9/h9H,4-7H2,1-3H3. The highest BCUT2D eigenvalue weighted by Crippen LogP contribution is 2.08. The molecule has 0 spiro atoms. The summed E-state index contributed by atoms with van der Waals surface area (Å²) < 4.78 is 22.5. The van der Waals surface area contributed by atoms with Crippen LogP contribution in [0.1, 0.15) is 33.6 Å². The first-order valence-corrected chi connectivity index (χ1v) is 6.02. The zero-order chi connectivity index (χ0) is 9.83. The van der Waals surface area contributed by atoms with Crippen molar-refractivity contribution in [2.45, 2.75) is 39.2 Å². The van der Waals surface area contributed by atoms with Crippen molar-refractivity contribution >= 4 is 9.84 Å². The van der Waals surface area contributed by atoms with Crippen LogP contribution in [0.5, 0.6) is 0 Å². The SMILES string of the molecule is CCCCS(=O)(=O)CC(C)(C)O.